The molecule has 2 aromatic rings. The van der Waals surface area contributed by atoms with E-state index in [1.807, 2.05) is 23.8 Å². The molecule has 0 radical (unpaired) electrons. The Hall–Kier alpha value is -1.14. The number of rotatable bonds is 5. The van der Waals surface area contributed by atoms with Crippen molar-refractivity contribution < 1.29 is 4.79 Å². The molecular weight excluding hydrogens is 314 g/mol. The van der Waals surface area contributed by atoms with Crippen LogP contribution < -0.4 is 5.32 Å². The smallest absolute Gasteiger partial charge is 0.261 e. The van der Waals surface area contributed by atoms with Gasteiger partial charge in [0, 0.05) is 25.5 Å². The van der Waals surface area contributed by atoms with Gasteiger partial charge in [-0.1, -0.05) is 0 Å². The fraction of sp³-hybridized carbons (Fsp3) is 0.333. The van der Waals surface area contributed by atoms with Crippen molar-refractivity contribution in [2.45, 2.75) is 19.9 Å². The molecule has 96 valence electrons. The summed E-state index contributed by atoms with van der Waals surface area (Å²) >= 11 is 4.89. The molecule has 4 nitrogen and oxygen atoms in total. The van der Waals surface area contributed by atoms with Gasteiger partial charge in [0.05, 0.1) is 15.0 Å². The first-order valence-electron chi connectivity index (χ1n) is 5.66. The van der Waals surface area contributed by atoms with Gasteiger partial charge < -0.3 is 9.88 Å². The van der Waals surface area contributed by atoms with Gasteiger partial charge in [-0.2, -0.15) is 0 Å². The minimum Gasteiger partial charge on any atom is -0.351 e. The van der Waals surface area contributed by atoms with Gasteiger partial charge in [0.25, 0.3) is 5.91 Å². The van der Waals surface area contributed by atoms with Crippen LogP contribution in [0.1, 0.15) is 21.7 Å². The van der Waals surface area contributed by atoms with Crippen LogP contribution in [0.3, 0.4) is 0 Å². The molecule has 0 aliphatic carbocycles. The van der Waals surface area contributed by atoms with Crippen molar-refractivity contribution in [2.75, 3.05) is 6.54 Å². The summed E-state index contributed by atoms with van der Waals surface area (Å²) in [6.07, 6.45) is 6.35. The van der Waals surface area contributed by atoms with Crippen LogP contribution in [0.25, 0.3) is 0 Å². The number of nitrogens with one attached hydrogen (secondary N) is 1. The molecule has 0 unspecified atom stereocenters. The number of carbonyl (C=O) groups is 1. The molecule has 18 heavy (non-hydrogen) atoms. The third-order valence-corrected chi connectivity index (χ3v) is 4.65. The second-order valence-corrected chi connectivity index (χ2v) is 6.35. The van der Waals surface area contributed by atoms with Gasteiger partial charge in [-0.15, -0.1) is 11.3 Å². The van der Waals surface area contributed by atoms with Gasteiger partial charge in [0.15, 0.2) is 0 Å². The Balaban J connectivity index is 1.75. The van der Waals surface area contributed by atoms with Crippen LogP contribution in [0.2, 0.25) is 0 Å². The summed E-state index contributed by atoms with van der Waals surface area (Å²) in [5, 5.41) is 2.92. The Morgan fingerprint density at radius 3 is 3.06 bits per heavy atom. The van der Waals surface area contributed by atoms with Crippen LogP contribution >= 0.6 is 27.3 Å². The largest absolute Gasteiger partial charge is 0.351 e. The number of thiophene rings is 1. The average Bonchev–Trinajstić information content (AvgIpc) is 2.96. The molecule has 0 aliphatic heterocycles. The van der Waals surface area contributed by atoms with Crippen LogP contribution in [0, 0.1) is 6.92 Å². The summed E-state index contributed by atoms with van der Waals surface area (Å²) in [7, 11) is 0. The van der Waals surface area contributed by atoms with E-state index < -0.39 is 0 Å². The Morgan fingerprint density at radius 1 is 1.61 bits per heavy atom. The lowest BCUT2D eigenvalue weighted by molar-refractivity contribution is 0.0956. The lowest BCUT2D eigenvalue weighted by atomic mass is 10.3. The minimum absolute atomic E-state index is 0.000527. The molecule has 0 aromatic carbocycles. The molecule has 2 heterocycles. The van der Waals surface area contributed by atoms with Crippen LogP contribution in [-0.4, -0.2) is 22.0 Å². The monoisotopic (exact) mass is 327 g/mol. The average molecular weight is 328 g/mol. The number of aryl methyl sites for hydroxylation is 2. The second kappa shape index (κ2) is 6.15. The molecule has 0 atom stereocenters. The topological polar surface area (TPSA) is 46.9 Å². The van der Waals surface area contributed by atoms with Gasteiger partial charge in [-0.25, -0.2) is 4.98 Å². The van der Waals surface area contributed by atoms with E-state index >= 15 is 0 Å². The van der Waals surface area contributed by atoms with E-state index in [9.17, 15) is 4.79 Å². The van der Waals surface area contributed by atoms with Crippen LogP contribution in [0.15, 0.2) is 28.6 Å². The molecule has 0 aliphatic rings. The van der Waals surface area contributed by atoms with Gasteiger partial charge in [0.1, 0.15) is 0 Å². The zero-order chi connectivity index (χ0) is 13.0. The van der Waals surface area contributed by atoms with Crippen molar-refractivity contribution in [1.82, 2.24) is 14.9 Å². The molecule has 0 saturated carbocycles. The predicted octanol–water partition coefficient (Wildman–Crippen LogP) is 2.84. The van der Waals surface area contributed by atoms with E-state index in [4.69, 9.17) is 0 Å². The van der Waals surface area contributed by atoms with Crippen molar-refractivity contribution in [3.8, 4) is 0 Å². The van der Waals surface area contributed by atoms with Gasteiger partial charge >= 0.3 is 0 Å². The lowest BCUT2D eigenvalue weighted by Gasteiger charge is -2.04. The predicted molar refractivity (Wildman–Crippen MR) is 75.9 cm³/mol. The van der Waals surface area contributed by atoms with Gasteiger partial charge in [-0.3, -0.25) is 4.79 Å². The van der Waals surface area contributed by atoms with E-state index in [-0.39, 0.29) is 5.91 Å². The maximum atomic E-state index is 11.8. The first-order chi connectivity index (χ1) is 8.66. The van der Waals surface area contributed by atoms with Crippen molar-refractivity contribution in [3.05, 3.63) is 39.0 Å². The number of halogens is 1. The maximum absolute atomic E-state index is 11.8. The third-order valence-electron chi connectivity index (χ3n) is 2.52. The molecule has 0 fully saturated rings. The van der Waals surface area contributed by atoms with Crippen molar-refractivity contribution in [3.63, 3.8) is 0 Å². The number of carbonyl (C=O) groups excluding carboxylic acids is 1. The highest BCUT2D eigenvalue weighted by Gasteiger charge is 2.10. The Kier molecular flexibility index (Phi) is 4.54. The zero-order valence-electron chi connectivity index (χ0n) is 10.0. The number of hydrogen-bond donors (Lipinski definition) is 1. The van der Waals surface area contributed by atoms with Crippen LogP contribution in [0.4, 0.5) is 0 Å². The minimum atomic E-state index is -0.000527. The second-order valence-electron chi connectivity index (χ2n) is 3.98. The summed E-state index contributed by atoms with van der Waals surface area (Å²) in [5.41, 5.74) is 1.10. The molecule has 2 rings (SSSR count). The highest BCUT2D eigenvalue weighted by molar-refractivity contribution is 9.11. The molecular formula is C12H14BrN3OS. The summed E-state index contributed by atoms with van der Waals surface area (Å²) in [4.78, 5) is 16.6. The first-order valence-corrected chi connectivity index (χ1v) is 7.27. The Bertz CT molecular complexity index is 502. The summed E-state index contributed by atoms with van der Waals surface area (Å²) in [5.74, 6) is -0.000527. The standard InChI is InChI=1S/C12H14BrN3OS/c1-9-7-10(18-11(9)13)12(17)15-3-2-5-16-6-4-14-8-16/h4,6-8H,2-3,5H2,1H3,(H,15,17). The molecule has 6 heteroatoms. The van der Waals surface area contributed by atoms with Gasteiger partial charge in [0.2, 0.25) is 0 Å². The molecule has 0 spiro atoms. The van der Waals surface area contributed by atoms with Crippen molar-refractivity contribution in [2.24, 2.45) is 0 Å². The highest BCUT2D eigenvalue weighted by atomic mass is 79.9. The van der Waals surface area contributed by atoms with Crippen molar-refractivity contribution >= 4 is 33.2 Å². The van der Waals surface area contributed by atoms with Crippen LogP contribution in [0.5, 0.6) is 0 Å². The van der Waals surface area contributed by atoms with Gasteiger partial charge in [-0.05, 0) is 40.9 Å². The molecule has 0 saturated heterocycles. The number of nitrogens with zero attached hydrogens (tertiary/aromatic N) is 2. The first kappa shape index (κ1) is 13.3. The number of amides is 1. The molecule has 1 N–H and O–H groups in total. The van der Waals surface area contributed by atoms with Crippen LogP contribution in [-0.2, 0) is 6.54 Å². The fourth-order valence-corrected chi connectivity index (χ4v) is 2.99. The van der Waals surface area contributed by atoms with E-state index in [1.54, 1.807) is 12.5 Å². The fourth-order valence-electron chi connectivity index (χ4n) is 1.54. The molecule has 0 bridgehead atoms. The Morgan fingerprint density at radius 2 is 2.44 bits per heavy atom. The van der Waals surface area contributed by atoms with E-state index in [0.29, 0.717) is 6.54 Å². The number of aromatic nitrogens is 2. The molecule has 1 amide bonds. The van der Waals surface area contributed by atoms with E-state index in [1.165, 1.54) is 11.3 Å². The molecule has 2 aromatic heterocycles. The summed E-state index contributed by atoms with van der Waals surface area (Å²) in [6.45, 7) is 3.52. The quantitative estimate of drug-likeness (QED) is 0.858. The zero-order valence-corrected chi connectivity index (χ0v) is 12.4. The van der Waals surface area contributed by atoms with E-state index in [0.717, 1.165) is 27.2 Å². The summed E-state index contributed by atoms with van der Waals surface area (Å²) < 4.78 is 3.02. The third kappa shape index (κ3) is 3.43. The maximum Gasteiger partial charge on any atom is 0.261 e. The normalized spacial score (nSPS) is 10.6. The van der Waals surface area contributed by atoms with E-state index in [2.05, 4.69) is 26.2 Å². The lowest BCUT2D eigenvalue weighted by Crippen LogP contribution is -2.24. The highest BCUT2D eigenvalue weighted by Crippen LogP contribution is 2.27. The Labute approximate surface area is 118 Å². The summed E-state index contributed by atoms with van der Waals surface area (Å²) in [6, 6.07) is 1.90. The SMILES string of the molecule is Cc1cc(C(=O)NCCCn2ccnc2)sc1Br. The number of hydrogen-bond acceptors (Lipinski definition) is 3. The number of imidazole rings is 1. The van der Waals surface area contributed by atoms with Crippen molar-refractivity contribution in [1.29, 1.82) is 0 Å².